The fourth-order valence-corrected chi connectivity index (χ4v) is 2.70. The summed E-state index contributed by atoms with van der Waals surface area (Å²) in [7, 11) is 0. The van der Waals surface area contributed by atoms with E-state index >= 15 is 0 Å². The van der Waals surface area contributed by atoms with Crippen LogP contribution in [0.3, 0.4) is 0 Å². The van der Waals surface area contributed by atoms with Crippen LogP contribution in [0.25, 0.3) is 0 Å². The molecule has 0 bridgehead atoms. The molecule has 0 aliphatic carbocycles. The summed E-state index contributed by atoms with van der Waals surface area (Å²) in [6, 6.07) is 1.94. The van der Waals surface area contributed by atoms with Gasteiger partial charge in [0.05, 0.1) is 6.54 Å². The van der Waals surface area contributed by atoms with Crippen molar-refractivity contribution in [1.29, 1.82) is 0 Å². The van der Waals surface area contributed by atoms with Crippen LogP contribution in [0.15, 0.2) is 21.8 Å². The number of hydrogen-bond acceptors (Lipinski definition) is 4. The fraction of sp³-hybridized carbons (Fsp3) is 0.688. The van der Waals surface area contributed by atoms with E-state index in [4.69, 9.17) is 4.74 Å². The summed E-state index contributed by atoms with van der Waals surface area (Å²) in [5.74, 6) is 0.745. The number of nitrogens with one attached hydrogen (secondary N) is 2. The smallest absolute Gasteiger partial charge is 0.191 e. The first kappa shape index (κ1) is 22.6. The molecule has 1 aromatic rings. The molecule has 1 unspecified atom stereocenters. The Morgan fingerprint density at radius 3 is 2.74 bits per heavy atom. The van der Waals surface area contributed by atoms with E-state index in [9.17, 15) is 5.11 Å². The van der Waals surface area contributed by atoms with Crippen molar-refractivity contribution >= 4 is 41.3 Å². The van der Waals surface area contributed by atoms with E-state index in [1.807, 2.05) is 30.7 Å². The summed E-state index contributed by atoms with van der Waals surface area (Å²) in [5, 5.41) is 20.9. The van der Waals surface area contributed by atoms with Gasteiger partial charge in [-0.15, -0.1) is 24.0 Å². The number of rotatable bonds is 10. The molecular formula is C16H30IN3O2S. The van der Waals surface area contributed by atoms with Gasteiger partial charge in [0.1, 0.15) is 5.60 Å². The summed E-state index contributed by atoms with van der Waals surface area (Å²) in [5.41, 5.74) is -0.0223. The standard InChI is InChI=1S/C16H29N3O2S.HI/c1-4-17-15(18-9-6-7-10-21-5-2)19-13-16(3,20)14-8-11-22-12-14;/h8,11-12,20H,4-7,9-10,13H2,1-3H3,(H2,17,18,19);1H. The van der Waals surface area contributed by atoms with Gasteiger partial charge in [0, 0.05) is 26.3 Å². The average molecular weight is 455 g/mol. The number of thiophene rings is 1. The number of aliphatic hydroxyl groups is 1. The summed E-state index contributed by atoms with van der Waals surface area (Å²) < 4.78 is 5.32. The Morgan fingerprint density at radius 1 is 1.35 bits per heavy atom. The number of unbranched alkanes of at least 4 members (excludes halogenated alkanes) is 1. The number of aliphatic imine (C=N–C) groups is 1. The monoisotopic (exact) mass is 455 g/mol. The molecule has 1 atom stereocenters. The van der Waals surface area contributed by atoms with E-state index in [0.717, 1.165) is 50.7 Å². The zero-order valence-corrected chi connectivity index (χ0v) is 17.4. The Kier molecular flexibility index (Phi) is 12.8. The third-order valence-corrected chi connectivity index (χ3v) is 3.93. The third kappa shape index (κ3) is 9.49. The summed E-state index contributed by atoms with van der Waals surface area (Å²) in [4.78, 5) is 4.49. The summed E-state index contributed by atoms with van der Waals surface area (Å²) in [6.07, 6.45) is 2.07. The lowest BCUT2D eigenvalue weighted by atomic mass is 10.00. The molecule has 1 rings (SSSR count). The maximum Gasteiger partial charge on any atom is 0.191 e. The van der Waals surface area contributed by atoms with Gasteiger partial charge >= 0.3 is 0 Å². The number of hydrogen-bond donors (Lipinski definition) is 3. The lowest BCUT2D eigenvalue weighted by Crippen LogP contribution is -2.39. The molecule has 0 spiro atoms. The summed E-state index contributed by atoms with van der Waals surface area (Å²) in [6.45, 7) is 9.39. The molecular weight excluding hydrogens is 425 g/mol. The van der Waals surface area contributed by atoms with Crippen LogP contribution < -0.4 is 10.6 Å². The van der Waals surface area contributed by atoms with Crippen molar-refractivity contribution in [1.82, 2.24) is 10.6 Å². The van der Waals surface area contributed by atoms with Crippen molar-refractivity contribution in [2.75, 3.05) is 32.8 Å². The second kappa shape index (κ2) is 13.0. The Hall–Kier alpha value is -0.380. The number of halogens is 1. The zero-order valence-electron chi connectivity index (χ0n) is 14.3. The van der Waals surface area contributed by atoms with Gasteiger partial charge in [0.15, 0.2) is 5.96 Å². The van der Waals surface area contributed by atoms with E-state index in [2.05, 4.69) is 15.6 Å². The molecule has 7 heteroatoms. The fourth-order valence-electron chi connectivity index (χ4n) is 1.92. The molecule has 0 radical (unpaired) electrons. The van der Waals surface area contributed by atoms with Crippen molar-refractivity contribution in [3.8, 4) is 0 Å². The SMILES string of the molecule is CCNC(=NCC(C)(O)c1ccsc1)NCCCCOCC.I. The number of ether oxygens (including phenoxy) is 1. The molecule has 0 saturated carbocycles. The largest absolute Gasteiger partial charge is 0.383 e. The molecule has 0 aromatic carbocycles. The van der Waals surface area contributed by atoms with Gasteiger partial charge in [-0.25, -0.2) is 4.99 Å². The highest BCUT2D eigenvalue weighted by atomic mass is 127. The zero-order chi connectivity index (χ0) is 16.3. The van der Waals surface area contributed by atoms with Crippen molar-refractivity contribution in [2.24, 2.45) is 4.99 Å². The first-order valence-electron chi connectivity index (χ1n) is 7.95. The van der Waals surface area contributed by atoms with Gasteiger partial charge in [-0.2, -0.15) is 11.3 Å². The average Bonchev–Trinajstić information content (AvgIpc) is 3.03. The van der Waals surface area contributed by atoms with Gasteiger partial charge in [-0.05, 0) is 56.0 Å². The predicted octanol–water partition coefficient (Wildman–Crippen LogP) is 2.95. The molecule has 0 saturated heterocycles. The molecule has 0 aliphatic rings. The lowest BCUT2D eigenvalue weighted by molar-refractivity contribution is 0.0677. The minimum Gasteiger partial charge on any atom is -0.383 e. The van der Waals surface area contributed by atoms with Crippen molar-refractivity contribution in [3.05, 3.63) is 22.4 Å². The minimum atomic E-state index is -0.933. The molecule has 134 valence electrons. The predicted molar refractivity (Wildman–Crippen MR) is 109 cm³/mol. The van der Waals surface area contributed by atoms with Gasteiger partial charge in [-0.3, -0.25) is 0 Å². The van der Waals surface area contributed by atoms with Crippen molar-refractivity contribution in [2.45, 2.75) is 39.2 Å². The molecule has 5 nitrogen and oxygen atoms in total. The first-order valence-corrected chi connectivity index (χ1v) is 8.89. The maximum absolute atomic E-state index is 10.5. The van der Waals surface area contributed by atoms with Gasteiger partial charge in [0.2, 0.25) is 0 Å². The molecule has 0 aliphatic heterocycles. The topological polar surface area (TPSA) is 65.9 Å². The lowest BCUT2D eigenvalue weighted by Gasteiger charge is -2.21. The molecule has 0 amide bonds. The molecule has 3 N–H and O–H groups in total. The Bertz CT molecular complexity index is 425. The minimum absolute atomic E-state index is 0. The second-order valence-corrected chi connectivity index (χ2v) is 6.09. The molecule has 23 heavy (non-hydrogen) atoms. The molecule has 1 aromatic heterocycles. The van der Waals surface area contributed by atoms with Crippen LogP contribution in [0.2, 0.25) is 0 Å². The highest BCUT2D eigenvalue weighted by Crippen LogP contribution is 2.23. The van der Waals surface area contributed by atoms with Gasteiger partial charge in [0.25, 0.3) is 0 Å². The quantitative estimate of drug-likeness (QED) is 0.220. The van der Waals surface area contributed by atoms with Crippen molar-refractivity contribution < 1.29 is 9.84 Å². The van der Waals surface area contributed by atoms with Gasteiger partial charge < -0.3 is 20.5 Å². The Morgan fingerprint density at radius 2 is 2.13 bits per heavy atom. The van der Waals surface area contributed by atoms with Crippen molar-refractivity contribution in [3.63, 3.8) is 0 Å². The number of nitrogens with zero attached hydrogens (tertiary/aromatic N) is 1. The van der Waals surface area contributed by atoms with Gasteiger partial charge in [-0.1, -0.05) is 0 Å². The second-order valence-electron chi connectivity index (χ2n) is 5.31. The van der Waals surface area contributed by atoms with Crippen LogP contribution in [-0.4, -0.2) is 43.9 Å². The molecule has 1 heterocycles. The van der Waals surface area contributed by atoms with E-state index in [-0.39, 0.29) is 24.0 Å². The highest BCUT2D eigenvalue weighted by Gasteiger charge is 2.23. The van der Waals surface area contributed by atoms with Crippen LogP contribution in [0.4, 0.5) is 0 Å². The number of guanidine groups is 1. The summed E-state index contributed by atoms with van der Waals surface area (Å²) >= 11 is 1.58. The Labute approximate surface area is 160 Å². The third-order valence-electron chi connectivity index (χ3n) is 3.24. The van der Waals surface area contributed by atoms with E-state index < -0.39 is 5.60 Å². The van der Waals surface area contributed by atoms with Crippen LogP contribution in [-0.2, 0) is 10.3 Å². The molecule has 0 fully saturated rings. The van der Waals surface area contributed by atoms with E-state index in [0.29, 0.717) is 6.54 Å². The highest BCUT2D eigenvalue weighted by molar-refractivity contribution is 14.0. The normalized spacial score (nSPS) is 14.0. The van der Waals surface area contributed by atoms with E-state index in [1.165, 1.54) is 0 Å². The van der Waals surface area contributed by atoms with Crippen LogP contribution >= 0.6 is 35.3 Å². The maximum atomic E-state index is 10.5. The first-order chi connectivity index (χ1) is 10.6. The van der Waals surface area contributed by atoms with Crippen LogP contribution in [0.1, 0.15) is 39.2 Å². The van der Waals surface area contributed by atoms with Crippen LogP contribution in [0, 0.1) is 0 Å². The van der Waals surface area contributed by atoms with Crippen LogP contribution in [0.5, 0.6) is 0 Å². The Balaban J connectivity index is 0.00000484. The van der Waals surface area contributed by atoms with E-state index in [1.54, 1.807) is 18.3 Å².